The van der Waals surface area contributed by atoms with Crippen LogP contribution in [-0.2, 0) is 0 Å². The summed E-state index contributed by atoms with van der Waals surface area (Å²) in [5.74, 6) is 1.87. The average molecular weight is 315 g/mol. The highest BCUT2D eigenvalue weighted by Gasteiger charge is 2.45. The largest absolute Gasteiger partial charge is 0.487 e. The Kier molecular flexibility index (Phi) is 4.31. The van der Waals surface area contributed by atoms with Gasteiger partial charge < -0.3 is 10.1 Å². The van der Waals surface area contributed by atoms with Crippen LogP contribution in [0.2, 0.25) is 0 Å². The molecular weight excluding hydrogens is 286 g/mol. The highest BCUT2D eigenvalue weighted by Crippen LogP contribution is 2.48. The Labute approximate surface area is 139 Å². The molecule has 1 aliphatic carbocycles. The van der Waals surface area contributed by atoms with E-state index in [0.29, 0.717) is 12.1 Å². The molecule has 23 heavy (non-hydrogen) atoms. The van der Waals surface area contributed by atoms with Crippen LogP contribution in [0.15, 0.2) is 24.3 Å². The molecule has 2 aliphatic heterocycles. The number of ether oxygens (including phenoxy) is 1. The summed E-state index contributed by atoms with van der Waals surface area (Å²) in [6.07, 6.45) is 7.41. The van der Waals surface area contributed by atoms with E-state index < -0.39 is 0 Å². The van der Waals surface area contributed by atoms with Gasteiger partial charge in [-0.3, -0.25) is 10.9 Å². The zero-order chi connectivity index (χ0) is 15.7. The van der Waals surface area contributed by atoms with Gasteiger partial charge in [0.2, 0.25) is 0 Å². The Morgan fingerprint density at radius 3 is 2.91 bits per heavy atom. The first kappa shape index (κ1) is 15.4. The molecule has 0 bridgehead atoms. The second-order valence-corrected chi connectivity index (χ2v) is 7.60. The lowest BCUT2D eigenvalue weighted by atomic mass is 9.73. The number of rotatable bonds is 5. The maximum absolute atomic E-state index is 6.33. The van der Waals surface area contributed by atoms with Crippen LogP contribution < -0.4 is 20.9 Å². The molecule has 1 spiro atoms. The van der Waals surface area contributed by atoms with Gasteiger partial charge >= 0.3 is 0 Å². The van der Waals surface area contributed by atoms with Crippen LogP contribution in [-0.4, -0.2) is 24.7 Å². The van der Waals surface area contributed by atoms with E-state index in [4.69, 9.17) is 4.74 Å². The standard InChI is InChI=1S/C19H29N3O/c1-14-15(13-21-22-14)6-4-11-20-17-12-19(9-5-10-19)23-18-8-3-2-7-16(17)18/h2-3,7-8,14-15,17,20-22H,4-6,9-13H2,1H3. The maximum Gasteiger partial charge on any atom is 0.124 e. The number of nitrogens with one attached hydrogen (secondary N) is 3. The van der Waals surface area contributed by atoms with Crippen LogP contribution in [0.25, 0.3) is 0 Å². The molecule has 0 aromatic heterocycles. The van der Waals surface area contributed by atoms with Gasteiger partial charge in [-0.25, -0.2) is 0 Å². The van der Waals surface area contributed by atoms with Gasteiger partial charge in [0, 0.05) is 30.6 Å². The predicted molar refractivity (Wildman–Crippen MR) is 92.3 cm³/mol. The molecule has 4 rings (SSSR count). The fraction of sp³-hybridized carbons (Fsp3) is 0.684. The van der Waals surface area contributed by atoms with Crippen molar-refractivity contribution >= 4 is 0 Å². The minimum atomic E-state index is 0.125. The van der Waals surface area contributed by atoms with Crippen molar-refractivity contribution in [3.05, 3.63) is 29.8 Å². The molecule has 0 amide bonds. The molecule has 3 N–H and O–H groups in total. The van der Waals surface area contributed by atoms with E-state index in [0.717, 1.165) is 31.2 Å². The molecule has 3 aliphatic rings. The third kappa shape index (κ3) is 3.12. The minimum absolute atomic E-state index is 0.125. The summed E-state index contributed by atoms with van der Waals surface area (Å²) in [4.78, 5) is 0. The SMILES string of the molecule is CC1NNCC1CCCNC1CC2(CCC2)Oc2ccccc21. The monoisotopic (exact) mass is 315 g/mol. The molecule has 3 unspecified atom stereocenters. The lowest BCUT2D eigenvalue weighted by Gasteiger charge is -2.48. The lowest BCUT2D eigenvalue weighted by molar-refractivity contribution is -0.0369. The second-order valence-electron chi connectivity index (χ2n) is 7.60. The average Bonchev–Trinajstić information content (AvgIpc) is 2.95. The van der Waals surface area contributed by atoms with Gasteiger partial charge in [0.05, 0.1) is 0 Å². The number of para-hydroxylation sites is 1. The van der Waals surface area contributed by atoms with E-state index in [2.05, 4.69) is 47.4 Å². The van der Waals surface area contributed by atoms with Crippen molar-refractivity contribution in [1.82, 2.24) is 16.2 Å². The summed E-state index contributed by atoms with van der Waals surface area (Å²) in [7, 11) is 0. The van der Waals surface area contributed by atoms with Gasteiger partial charge in [-0.1, -0.05) is 18.2 Å². The van der Waals surface area contributed by atoms with E-state index in [1.807, 2.05) is 0 Å². The molecule has 4 heteroatoms. The first-order valence-corrected chi connectivity index (χ1v) is 9.25. The summed E-state index contributed by atoms with van der Waals surface area (Å²) in [6, 6.07) is 9.64. The van der Waals surface area contributed by atoms with Crippen LogP contribution >= 0.6 is 0 Å². The third-order valence-corrected chi connectivity index (χ3v) is 6.01. The van der Waals surface area contributed by atoms with Crippen molar-refractivity contribution in [1.29, 1.82) is 0 Å². The highest BCUT2D eigenvalue weighted by molar-refractivity contribution is 5.39. The van der Waals surface area contributed by atoms with Gasteiger partial charge in [0.1, 0.15) is 11.4 Å². The summed E-state index contributed by atoms with van der Waals surface area (Å²) < 4.78 is 6.33. The van der Waals surface area contributed by atoms with E-state index in [-0.39, 0.29) is 5.60 Å². The number of hydrogen-bond donors (Lipinski definition) is 3. The smallest absolute Gasteiger partial charge is 0.124 e. The van der Waals surface area contributed by atoms with Crippen molar-refractivity contribution < 1.29 is 4.74 Å². The number of hydrazine groups is 1. The van der Waals surface area contributed by atoms with Crippen molar-refractivity contribution in [3.8, 4) is 5.75 Å². The van der Waals surface area contributed by atoms with Crippen LogP contribution in [0.3, 0.4) is 0 Å². The molecule has 3 atom stereocenters. The molecule has 1 saturated carbocycles. The fourth-order valence-electron chi connectivity index (χ4n) is 4.32. The fourth-order valence-corrected chi connectivity index (χ4v) is 4.32. The Morgan fingerprint density at radius 2 is 2.17 bits per heavy atom. The van der Waals surface area contributed by atoms with Crippen molar-refractivity contribution in [2.24, 2.45) is 5.92 Å². The molecule has 126 valence electrons. The topological polar surface area (TPSA) is 45.3 Å². The first-order valence-electron chi connectivity index (χ1n) is 9.25. The van der Waals surface area contributed by atoms with E-state index in [9.17, 15) is 0 Å². The van der Waals surface area contributed by atoms with Gasteiger partial charge in [-0.15, -0.1) is 0 Å². The zero-order valence-corrected chi connectivity index (χ0v) is 14.1. The van der Waals surface area contributed by atoms with Crippen LogP contribution in [0, 0.1) is 5.92 Å². The van der Waals surface area contributed by atoms with E-state index in [1.165, 1.54) is 37.7 Å². The molecular formula is C19H29N3O. The maximum atomic E-state index is 6.33. The quantitative estimate of drug-likeness (QED) is 0.731. The predicted octanol–water partition coefficient (Wildman–Crippen LogP) is 2.92. The molecule has 2 heterocycles. The molecule has 1 saturated heterocycles. The molecule has 1 aromatic carbocycles. The second kappa shape index (κ2) is 6.42. The Balaban J connectivity index is 1.34. The third-order valence-electron chi connectivity index (χ3n) is 6.01. The lowest BCUT2D eigenvalue weighted by Crippen LogP contribution is -2.49. The summed E-state index contributed by atoms with van der Waals surface area (Å²) in [5, 5.41) is 3.82. The summed E-state index contributed by atoms with van der Waals surface area (Å²) in [6.45, 7) is 4.47. The van der Waals surface area contributed by atoms with Crippen LogP contribution in [0.5, 0.6) is 5.75 Å². The van der Waals surface area contributed by atoms with Crippen molar-refractivity contribution in [2.45, 2.75) is 63.1 Å². The number of fused-ring (bicyclic) bond motifs is 1. The zero-order valence-electron chi connectivity index (χ0n) is 14.1. The first-order chi connectivity index (χ1) is 11.3. The van der Waals surface area contributed by atoms with E-state index in [1.54, 1.807) is 0 Å². The van der Waals surface area contributed by atoms with Gasteiger partial charge in [-0.05, 0) is 57.6 Å². The molecule has 0 radical (unpaired) electrons. The summed E-state index contributed by atoms with van der Waals surface area (Å²) >= 11 is 0. The van der Waals surface area contributed by atoms with Gasteiger partial charge in [0.15, 0.2) is 0 Å². The van der Waals surface area contributed by atoms with Gasteiger partial charge in [0.25, 0.3) is 0 Å². The Morgan fingerprint density at radius 1 is 1.30 bits per heavy atom. The number of benzene rings is 1. The van der Waals surface area contributed by atoms with Crippen LogP contribution in [0.1, 0.15) is 57.1 Å². The van der Waals surface area contributed by atoms with Crippen molar-refractivity contribution in [2.75, 3.05) is 13.1 Å². The number of hydrogen-bond acceptors (Lipinski definition) is 4. The van der Waals surface area contributed by atoms with Crippen LogP contribution in [0.4, 0.5) is 0 Å². The van der Waals surface area contributed by atoms with Crippen molar-refractivity contribution in [3.63, 3.8) is 0 Å². The molecule has 4 nitrogen and oxygen atoms in total. The summed E-state index contributed by atoms with van der Waals surface area (Å²) in [5.41, 5.74) is 8.05. The highest BCUT2D eigenvalue weighted by atomic mass is 16.5. The normalized spacial score (nSPS) is 31.4. The van der Waals surface area contributed by atoms with E-state index >= 15 is 0 Å². The van der Waals surface area contributed by atoms with Gasteiger partial charge in [-0.2, -0.15) is 0 Å². The Bertz CT molecular complexity index is 543. The Hall–Kier alpha value is -1.10. The minimum Gasteiger partial charge on any atom is -0.487 e. The molecule has 2 fully saturated rings. The molecule has 1 aromatic rings.